The van der Waals surface area contributed by atoms with Crippen LogP contribution < -0.4 is 30.8 Å². The van der Waals surface area contributed by atoms with Crippen LogP contribution in [0.25, 0.3) is 0 Å². The van der Waals surface area contributed by atoms with Crippen molar-refractivity contribution in [1.82, 2.24) is 30.8 Å². The highest BCUT2D eigenvalue weighted by molar-refractivity contribution is 4.23. The summed E-state index contributed by atoms with van der Waals surface area (Å²) in [5.41, 5.74) is 0. The van der Waals surface area contributed by atoms with Crippen molar-refractivity contribution in [3.05, 3.63) is 52.6 Å². The molecule has 0 heterocycles. The highest BCUT2D eigenvalue weighted by Crippen LogP contribution is 0.868. The predicted molar refractivity (Wildman–Crippen MR) is 70.1 cm³/mol. The van der Waals surface area contributed by atoms with Crippen LogP contribution in [-0.4, -0.2) is 0 Å². The fourth-order valence-corrected chi connectivity index (χ4v) is 0. The van der Waals surface area contributed by atoms with Crippen LogP contribution in [0.1, 0.15) is 0 Å². The molecule has 0 saturated heterocycles. The molecule has 13 heavy (non-hydrogen) atoms. The monoisotopic (exact) mass is 197 g/mol. The van der Waals surface area contributed by atoms with Gasteiger partial charge in [-0.15, -0.1) is 52.6 Å². The molecule has 0 aromatic rings. The Labute approximate surface area is 84.2 Å². The van der Waals surface area contributed by atoms with Crippen molar-refractivity contribution in [3.63, 3.8) is 0 Å². The van der Waals surface area contributed by atoms with Gasteiger partial charge in [-0.2, -0.15) is 0 Å². The van der Waals surface area contributed by atoms with Crippen LogP contribution in [0.2, 0.25) is 0 Å². The summed E-state index contributed by atoms with van der Waals surface area (Å²) in [5, 5.41) is 0. The van der Waals surface area contributed by atoms with Crippen LogP contribution in [0.15, 0.2) is 52.6 Å². The molecular formula is C8H31N5. The molecule has 0 aliphatic rings. The normalized spacial score (nSPS) is 1.23. The van der Waals surface area contributed by atoms with Gasteiger partial charge < -0.3 is 30.8 Å². The van der Waals surface area contributed by atoms with Crippen LogP contribution in [0.3, 0.4) is 0 Å². The molecule has 0 amide bonds. The molecule has 0 aliphatic heterocycles. The molecule has 0 saturated carbocycles. The largest absolute Gasteiger partial charge is 0.344 e. The maximum Gasteiger partial charge on any atom is -0.106 e. The fourth-order valence-electron chi connectivity index (χ4n) is 0. The molecule has 0 radical (unpaired) electrons. The quantitative estimate of drug-likeness (QED) is 0.368. The Morgan fingerprint density at radius 1 is 0.231 bits per heavy atom. The van der Waals surface area contributed by atoms with Crippen molar-refractivity contribution in [1.29, 1.82) is 0 Å². The lowest BCUT2D eigenvalue weighted by atomic mass is 11.3. The zero-order valence-corrected chi connectivity index (χ0v) is 9.19. The van der Waals surface area contributed by atoms with Gasteiger partial charge in [-0.3, -0.25) is 0 Å². The average molecular weight is 197 g/mol. The van der Waals surface area contributed by atoms with E-state index in [9.17, 15) is 0 Å². The lowest BCUT2D eigenvalue weighted by molar-refractivity contribution is 2.13. The zero-order valence-electron chi connectivity index (χ0n) is 9.19. The Morgan fingerprint density at radius 3 is 0.231 bits per heavy atom. The summed E-state index contributed by atoms with van der Waals surface area (Å²) in [7, 11) is 0. The Hall–Kier alpha value is -1.24. The minimum atomic E-state index is 0. The van der Waals surface area contributed by atoms with Crippen LogP contribution in [0.4, 0.5) is 0 Å². The third kappa shape index (κ3) is 537. The van der Waals surface area contributed by atoms with E-state index in [2.05, 4.69) is 52.6 Å². The van der Waals surface area contributed by atoms with Crippen molar-refractivity contribution in [2.24, 2.45) is 0 Å². The van der Waals surface area contributed by atoms with E-state index >= 15 is 0 Å². The third-order valence-corrected chi connectivity index (χ3v) is 0. The van der Waals surface area contributed by atoms with Gasteiger partial charge in [0.05, 0.1) is 0 Å². The first-order valence-electron chi connectivity index (χ1n) is 2.00. The summed E-state index contributed by atoms with van der Waals surface area (Å²) in [5.74, 6) is 0. The second kappa shape index (κ2) is 667. The predicted octanol–water partition coefficient (Wildman–Crippen LogP) is 4.02. The number of rotatable bonds is 0. The number of hydrogen-bond donors (Lipinski definition) is 5. The highest BCUT2D eigenvalue weighted by Gasteiger charge is 0.607. The van der Waals surface area contributed by atoms with E-state index < -0.39 is 0 Å². The van der Waals surface area contributed by atoms with Crippen molar-refractivity contribution >= 4 is 0 Å². The van der Waals surface area contributed by atoms with Gasteiger partial charge >= 0.3 is 0 Å². The van der Waals surface area contributed by atoms with E-state index in [0.717, 1.165) is 0 Å². The lowest BCUT2D eigenvalue weighted by Gasteiger charge is -0.813. The first kappa shape index (κ1) is 179. The Morgan fingerprint density at radius 2 is 0.231 bits per heavy atom. The van der Waals surface area contributed by atoms with Crippen LogP contribution in [-0.2, 0) is 0 Å². The van der Waals surface area contributed by atoms with Crippen LogP contribution in [0, 0.1) is 0 Å². The topological polar surface area (TPSA) is 175 Å². The standard InChI is InChI=1S/4C2H4.5H3N/c4*1-2;;;;;/h4*1-2H2;5*1H3. The summed E-state index contributed by atoms with van der Waals surface area (Å²) >= 11 is 0. The third-order valence-electron chi connectivity index (χ3n) is 0. The Kier molecular flexibility index (Phi) is 9170. The molecule has 0 atom stereocenters. The summed E-state index contributed by atoms with van der Waals surface area (Å²) in [4.78, 5) is 0. The molecule has 5 heteroatoms. The molecule has 0 aliphatic carbocycles. The van der Waals surface area contributed by atoms with Gasteiger partial charge in [0.15, 0.2) is 0 Å². The first-order chi connectivity index (χ1) is 4.00. The molecule has 0 fully saturated rings. The van der Waals surface area contributed by atoms with E-state index in [1.807, 2.05) is 0 Å². The molecular weight excluding hydrogens is 166 g/mol. The summed E-state index contributed by atoms with van der Waals surface area (Å²) in [6.07, 6.45) is 0. The van der Waals surface area contributed by atoms with Crippen LogP contribution >= 0.6 is 0 Å². The van der Waals surface area contributed by atoms with Crippen LogP contribution in [0.5, 0.6) is 0 Å². The van der Waals surface area contributed by atoms with Gasteiger partial charge in [-0.05, 0) is 0 Å². The molecule has 0 unspecified atom stereocenters. The first-order valence-corrected chi connectivity index (χ1v) is 2.00. The van der Waals surface area contributed by atoms with E-state index in [-0.39, 0.29) is 30.8 Å². The van der Waals surface area contributed by atoms with E-state index in [0.29, 0.717) is 0 Å². The minimum Gasteiger partial charge on any atom is -0.344 e. The molecule has 88 valence electrons. The van der Waals surface area contributed by atoms with Gasteiger partial charge in [-0.25, -0.2) is 0 Å². The van der Waals surface area contributed by atoms with Crippen molar-refractivity contribution in [3.8, 4) is 0 Å². The maximum absolute atomic E-state index is 3.00. The lowest BCUT2D eigenvalue weighted by Crippen LogP contribution is -0.552. The van der Waals surface area contributed by atoms with E-state index in [1.54, 1.807) is 0 Å². The molecule has 0 spiro atoms. The van der Waals surface area contributed by atoms with Crippen molar-refractivity contribution in [2.75, 3.05) is 0 Å². The van der Waals surface area contributed by atoms with Gasteiger partial charge in [0.25, 0.3) is 0 Å². The Bertz CT molecular complexity index is 20.5. The van der Waals surface area contributed by atoms with E-state index in [4.69, 9.17) is 0 Å². The summed E-state index contributed by atoms with van der Waals surface area (Å²) in [6.45, 7) is 24.0. The second-order valence-corrected chi connectivity index (χ2v) is 0. The van der Waals surface area contributed by atoms with Crippen molar-refractivity contribution in [2.45, 2.75) is 0 Å². The fraction of sp³-hybridized carbons (Fsp3) is 0. The van der Waals surface area contributed by atoms with Gasteiger partial charge in [0.1, 0.15) is 0 Å². The second-order valence-electron chi connectivity index (χ2n) is 0. The molecule has 0 aromatic carbocycles. The van der Waals surface area contributed by atoms with Gasteiger partial charge in [0, 0.05) is 0 Å². The maximum atomic E-state index is 3.00. The molecule has 0 bridgehead atoms. The zero-order chi connectivity index (χ0) is 8.00. The van der Waals surface area contributed by atoms with Gasteiger partial charge in [-0.1, -0.05) is 0 Å². The van der Waals surface area contributed by atoms with Gasteiger partial charge in [0.2, 0.25) is 0 Å². The SMILES string of the molecule is C=C.C=C.C=C.C=C.N.N.N.N.N. The molecule has 5 nitrogen and oxygen atoms in total. The molecule has 0 aromatic heterocycles. The molecule has 0 rings (SSSR count). The summed E-state index contributed by atoms with van der Waals surface area (Å²) < 4.78 is 0. The minimum absolute atomic E-state index is 0. The number of hydrogen-bond acceptors (Lipinski definition) is 5. The van der Waals surface area contributed by atoms with Crippen molar-refractivity contribution < 1.29 is 0 Å². The Balaban J connectivity index is -0.00000000208. The van der Waals surface area contributed by atoms with E-state index in [1.165, 1.54) is 0 Å². The highest BCUT2D eigenvalue weighted by atomic mass is 14.0. The molecule has 15 N–H and O–H groups in total. The summed E-state index contributed by atoms with van der Waals surface area (Å²) in [6, 6.07) is 0. The average Bonchev–Trinajstić information content (AvgIpc) is 2.03. The smallest absolute Gasteiger partial charge is 0.106 e.